The molecule has 1 N–H and O–H groups in total. The lowest BCUT2D eigenvalue weighted by Gasteiger charge is -2.25. The largest absolute Gasteiger partial charge is 0.424 e. The van der Waals surface area contributed by atoms with Gasteiger partial charge < -0.3 is 14.6 Å². The molecule has 26 heavy (non-hydrogen) atoms. The minimum absolute atomic E-state index is 0.0405. The molecule has 3 rings (SSSR count). The van der Waals surface area contributed by atoms with Crippen molar-refractivity contribution in [1.29, 1.82) is 0 Å². The lowest BCUT2D eigenvalue weighted by molar-refractivity contribution is 0.183. The summed E-state index contributed by atoms with van der Waals surface area (Å²) in [6.45, 7) is 7.05. The molecule has 2 amide bonds. The van der Waals surface area contributed by atoms with E-state index in [-0.39, 0.29) is 12.1 Å². The van der Waals surface area contributed by atoms with Gasteiger partial charge in [-0.05, 0) is 31.5 Å². The fourth-order valence-electron chi connectivity index (χ4n) is 3.03. The van der Waals surface area contributed by atoms with Crippen LogP contribution in [-0.4, -0.2) is 52.2 Å². The first-order valence-corrected chi connectivity index (χ1v) is 9.32. The quantitative estimate of drug-likeness (QED) is 0.881. The van der Waals surface area contributed by atoms with Crippen LogP contribution in [0.25, 0.3) is 0 Å². The second kappa shape index (κ2) is 8.51. The zero-order valence-electron chi connectivity index (χ0n) is 15.1. The highest BCUT2D eigenvalue weighted by atomic mass is 35.5. The number of hydrogen-bond donors (Lipinski definition) is 1. The van der Waals surface area contributed by atoms with Crippen molar-refractivity contribution in [3.8, 4) is 0 Å². The van der Waals surface area contributed by atoms with Gasteiger partial charge in [0.1, 0.15) is 0 Å². The highest BCUT2D eigenvalue weighted by molar-refractivity contribution is 6.30. The number of carbonyl (C=O) groups excluding carboxylic acids is 1. The van der Waals surface area contributed by atoms with Crippen LogP contribution in [0, 0.1) is 0 Å². The molecule has 8 heteroatoms. The third-order valence-corrected chi connectivity index (χ3v) is 4.82. The molecule has 2 heterocycles. The van der Waals surface area contributed by atoms with Gasteiger partial charge in [-0.15, -0.1) is 10.2 Å². The number of urea groups is 1. The molecule has 1 aromatic heterocycles. The smallest absolute Gasteiger partial charge is 0.321 e. The summed E-state index contributed by atoms with van der Waals surface area (Å²) in [4.78, 5) is 16.6. The monoisotopic (exact) mass is 377 g/mol. The number of aromatic nitrogens is 2. The van der Waals surface area contributed by atoms with Crippen molar-refractivity contribution in [2.45, 2.75) is 32.7 Å². The Morgan fingerprint density at radius 1 is 1.31 bits per heavy atom. The average Bonchev–Trinajstić information content (AvgIpc) is 2.97. The standard InChI is InChI=1S/C18H24ClN5O2/c1-3-16-21-22-17(26-16)13(2)23-8-5-9-24(11-10-23)18(25)20-15-7-4-6-14(19)12-15/h4,6-7,12-13H,3,5,8-11H2,1-2H3,(H,20,25)/t13-/m1/s1. The van der Waals surface area contributed by atoms with Crippen LogP contribution in [0.15, 0.2) is 28.7 Å². The van der Waals surface area contributed by atoms with Crippen LogP contribution in [-0.2, 0) is 6.42 Å². The molecule has 0 unspecified atom stereocenters. The SMILES string of the molecule is CCc1nnc([C@@H](C)N2CCCN(C(=O)Nc3cccc(Cl)c3)CC2)o1. The average molecular weight is 378 g/mol. The first kappa shape index (κ1) is 18.7. The van der Waals surface area contributed by atoms with Gasteiger partial charge in [0.15, 0.2) is 0 Å². The van der Waals surface area contributed by atoms with Crippen LogP contribution in [0.1, 0.15) is 38.1 Å². The van der Waals surface area contributed by atoms with E-state index in [2.05, 4.69) is 27.3 Å². The van der Waals surface area contributed by atoms with Crippen molar-refractivity contribution in [2.24, 2.45) is 0 Å². The molecule has 0 aliphatic carbocycles. The molecular weight excluding hydrogens is 354 g/mol. The molecule has 0 bridgehead atoms. The van der Waals surface area contributed by atoms with Gasteiger partial charge >= 0.3 is 6.03 Å². The second-order valence-electron chi connectivity index (χ2n) is 6.38. The normalized spacial score (nSPS) is 17.0. The van der Waals surface area contributed by atoms with Gasteiger partial charge in [-0.2, -0.15) is 0 Å². The van der Waals surface area contributed by atoms with E-state index in [0.717, 1.165) is 25.9 Å². The van der Waals surface area contributed by atoms with Gasteiger partial charge in [-0.3, -0.25) is 4.90 Å². The predicted octanol–water partition coefficient (Wildman–Crippen LogP) is 3.59. The number of hydrogen-bond acceptors (Lipinski definition) is 5. The summed E-state index contributed by atoms with van der Waals surface area (Å²) in [7, 11) is 0. The molecule has 1 aliphatic heterocycles. The van der Waals surface area contributed by atoms with Gasteiger partial charge in [-0.25, -0.2) is 4.79 Å². The van der Waals surface area contributed by atoms with Gasteiger partial charge in [0.05, 0.1) is 6.04 Å². The van der Waals surface area contributed by atoms with Crippen LogP contribution in [0.2, 0.25) is 5.02 Å². The summed E-state index contributed by atoms with van der Waals surface area (Å²) >= 11 is 5.97. The van der Waals surface area contributed by atoms with E-state index in [1.165, 1.54) is 0 Å². The number of nitrogens with one attached hydrogen (secondary N) is 1. The fraction of sp³-hybridized carbons (Fsp3) is 0.500. The third-order valence-electron chi connectivity index (χ3n) is 4.58. The van der Waals surface area contributed by atoms with Gasteiger partial charge in [-0.1, -0.05) is 24.6 Å². The number of carbonyl (C=O) groups is 1. The van der Waals surface area contributed by atoms with Crippen LogP contribution >= 0.6 is 11.6 Å². The van der Waals surface area contributed by atoms with Gasteiger partial charge in [0.25, 0.3) is 0 Å². The van der Waals surface area contributed by atoms with Gasteiger partial charge in [0, 0.05) is 43.3 Å². The summed E-state index contributed by atoms with van der Waals surface area (Å²) in [5, 5.41) is 11.7. The number of nitrogens with zero attached hydrogens (tertiary/aromatic N) is 4. The number of benzene rings is 1. The Balaban J connectivity index is 1.58. The van der Waals surface area contributed by atoms with Crippen molar-refractivity contribution in [3.05, 3.63) is 41.1 Å². The Kier molecular flexibility index (Phi) is 6.11. The number of amides is 2. The second-order valence-corrected chi connectivity index (χ2v) is 6.82. The topological polar surface area (TPSA) is 74.5 Å². The van der Waals surface area contributed by atoms with E-state index in [4.69, 9.17) is 16.0 Å². The molecule has 2 aromatic rings. The van der Waals surface area contributed by atoms with Gasteiger partial charge in [0.2, 0.25) is 11.8 Å². The van der Waals surface area contributed by atoms with Crippen molar-refractivity contribution < 1.29 is 9.21 Å². The van der Waals surface area contributed by atoms with Crippen LogP contribution < -0.4 is 5.32 Å². The number of anilines is 1. The number of halogens is 1. The van der Waals surface area contributed by atoms with E-state index in [0.29, 0.717) is 35.6 Å². The Morgan fingerprint density at radius 2 is 2.15 bits per heavy atom. The molecule has 0 spiro atoms. The maximum absolute atomic E-state index is 12.5. The molecule has 1 atom stereocenters. The highest BCUT2D eigenvalue weighted by Gasteiger charge is 2.25. The zero-order chi connectivity index (χ0) is 18.5. The first-order chi connectivity index (χ1) is 12.6. The van der Waals surface area contributed by atoms with E-state index in [1.54, 1.807) is 12.1 Å². The third kappa shape index (κ3) is 4.53. The van der Waals surface area contributed by atoms with Crippen molar-refractivity contribution in [1.82, 2.24) is 20.0 Å². The van der Waals surface area contributed by atoms with E-state index >= 15 is 0 Å². The van der Waals surface area contributed by atoms with Crippen molar-refractivity contribution in [3.63, 3.8) is 0 Å². The molecule has 0 saturated carbocycles. The van der Waals surface area contributed by atoms with E-state index < -0.39 is 0 Å². The molecule has 7 nitrogen and oxygen atoms in total. The highest BCUT2D eigenvalue weighted by Crippen LogP contribution is 2.21. The maximum atomic E-state index is 12.5. The summed E-state index contributed by atoms with van der Waals surface area (Å²) in [5.74, 6) is 1.29. The summed E-state index contributed by atoms with van der Waals surface area (Å²) in [6.07, 6.45) is 1.62. The Hall–Kier alpha value is -2.12. The Labute approximate surface area is 158 Å². The predicted molar refractivity (Wildman–Crippen MR) is 100 cm³/mol. The molecule has 1 saturated heterocycles. The minimum Gasteiger partial charge on any atom is -0.424 e. The van der Waals surface area contributed by atoms with E-state index in [9.17, 15) is 4.79 Å². The molecule has 1 aliphatic rings. The maximum Gasteiger partial charge on any atom is 0.321 e. The molecule has 1 fully saturated rings. The van der Waals surface area contributed by atoms with Crippen molar-refractivity contribution >= 4 is 23.3 Å². The van der Waals surface area contributed by atoms with E-state index in [1.807, 2.05) is 24.0 Å². The molecule has 1 aromatic carbocycles. The molecular formula is C18H24ClN5O2. The number of rotatable bonds is 4. The fourth-order valence-corrected chi connectivity index (χ4v) is 3.22. The van der Waals surface area contributed by atoms with Crippen LogP contribution in [0.5, 0.6) is 0 Å². The Bertz CT molecular complexity index is 751. The zero-order valence-corrected chi connectivity index (χ0v) is 15.9. The van der Waals surface area contributed by atoms with Crippen molar-refractivity contribution in [2.75, 3.05) is 31.5 Å². The lowest BCUT2D eigenvalue weighted by Crippen LogP contribution is -2.38. The first-order valence-electron chi connectivity index (χ1n) is 8.94. The van der Waals surface area contributed by atoms with Crippen LogP contribution in [0.3, 0.4) is 0 Å². The molecule has 140 valence electrons. The van der Waals surface area contributed by atoms with Crippen LogP contribution in [0.4, 0.5) is 10.5 Å². The molecule has 0 radical (unpaired) electrons. The lowest BCUT2D eigenvalue weighted by atomic mass is 10.2. The number of aryl methyl sites for hydroxylation is 1. The Morgan fingerprint density at radius 3 is 2.88 bits per heavy atom. The summed E-state index contributed by atoms with van der Waals surface area (Å²) < 4.78 is 5.68. The minimum atomic E-state index is -0.104. The summed E-state index contributed by atoms with van der Waals surface area (Å²) in [5.41, 5.74) is 0.704. The summed E-state index contributed by atoms with van der Waals surface area (Å²) in [6, 6.07) is 7.11.